The van der Waals surface area contributed by atoms with E-state index in [-0.39, 0.29) is 46.9 Å². The Labute approximate surface area is 170 Å². The van der Waals surface area contributed by atoms with E-state index < -0.39 is 9.84 Å². The zero-order chi connectivity index (χ0) is 17.1. The lowest BCUT2D eigenvalue weighted by Crippen LogP contribution is -2.47. The van der Waals surface area contributed by atoms with Gasteiger partial charge >= 0.3 is 0 Å². The van der Waals surface area contributed by atoms with Crippen LogP contribution in [0.15, 0.2) is 33.7 Å². The SMILES string of the molecule is CN=C(NCC(C)(C)c1ccc(Br)cc1)NC1CCS(=O)(=O)C1.I. The van der Waals surface area contributed by atoms with Crippen molar-refractivity contribution in [3.05, 3.63) is 34.3 Å². The highest BCUT2D eigenvalue weighted by atomic mass is 127. The van der Waals surface area contributed by atoms with Gasteiger partial charge in [-0.15, -0.1) is 24.0 Å². The minimum atomic E-state index is -2.89. The van der Waals surface area contributed by atoms with Crippen molar-refractivity contribution in [3.8, 4) is 0 Å². The molecule has 8 heteroatoms. The molecule has 1 atom stereocenters. The molecule has 1 saturated heterocycles. The molecule has 1 aliphatic heterocycles. The van der Waals surface area contributed by atoms with Crippen LogP contribution in [0.4, 0.5) is 0 Å². The van der Waals surface area contributed by atoms with Crippen LogP contribution in [-0.2, 0) is 15.3 Å². The van der Waals surface area contributed by atoms with E-state index in [1.807, 2.05) is 12.1 Å². The molecule has 2 rings (SSSR count). The van der Waals surface area contributed by atoms with E-state index in [2.05, 4.69) is 57.5 Å². The fourth-order valence-corrected chi connectivity index (χ4v) is 4.54. The van der Waals surface area contributed by atoms with Gasteiger partial charge in [0.25, 0.3) is 0 Å². The van der Waals surface area contributed by atoms with Gasteiger partial charge in [0.15, 0.2) is 15.8 Å². The van der Waals surface area contributed by atoms with Crippen LogP contribution >= 0.6 is 39.9 Å². The van der Waals surface area contributed by atoms with Crippen LogP contribution in [0.25, 0.3) is 0 Å². The number of sulfone groups is 1. The van der Waals surface area contributed by atoms with Crippen LogP contribution in [0, 0.1) is 0 Å². The maximum atomic E-state index is 11.5. The van der Waals surface area contributed by atoms with E-state index >= 15 is 0 Å². The molecule has 0 aliphatic carbocycles. The van der Waals surface area contributed by atoms with Gasteiger partial charge in [0.2, 0.25) is 0 Å². The normalized spacial score (nSPS) is 20.3. The van der Waals surface area contributed by atoms with Crippen LogP contribution in [0.2, 0.25) is 0 Å². The third-order valence-corrected chi connectivity index (χ3v) is 6.42. The molecule has 1 fully saturated rings. The fraction of sp³-hybridized carbons (Fsp3) is 0.562. The molecule has 1 heterocycles. The summed E-state index contributed by atoms with van der Waals surface area (Å²) in [6, 6.07) is 8.22. The summed E-state index contributed by atoms with van der Waals surface area (Å²) in [5, 5.41) is 6.52. The minimum Gasteiger partial charge on any atom is -0.356 e. The van der Waals surface area contributed by atoms with E-state index in [0.717, 1.165) is 4.47 Å². The highest BCUT2D eigenvalue weighted by molar-refractivity contribution is 14.0. The van der Waals surface area contributed by atoms with Crippen molar-refractivity contribution in [3.63, 3.8) is 0 Å². The first-order valence-electron chi connectivity index (χ1n) is 7.65. The molecule has 0 amide bonds. The van der Waals surface area contributed by atoms with Crippen LogP contribution in [0.5, 0.6) is 0 Å². The molecular weight excluding hydrogens is 505 g/mol. The summed E-state index contributed by atoms with van der Waals surface area (Å²) in [5.41, 5.74) is 1.16. The summed E-state index contributed by atoms with van der Waals surface area (Å²) in [6.07, 6.45) is 0.638. The molecule has 1 aliphatic rings. The number of guanidine groups is 1. The number of nitrogens with zero attached hydrogens (tertiary/aromatic N) is 1. The lowest BCUT2D eigenvalue weighted by Gasteiger charge is -2.27. The second-order valence-electron chi connectivity index (χ2n) is 6.56. The van der Waals surface area contributed by atoms with Crippen molar-refractivity contribution in [2.45, 2.75) is 31.7 Å². The first-order chi connectivity index (χ1) is 10.7. The van der Waals surface area contributed by atoms with Crippen molar-refractivity contribution in [1.29, 1.82) is 0 Å². The maximum absolute atomic E-state index is 11.5. The minimum absolute atomic E-state index is 0. The molecule has 2 N–H and O–H groups in total. The van der Waals surface area contributed by atoms with Gasteiger partial charge in [-0.3, -0.25) is 4.99 Å². The van der Waals surface area contributed by atoms with Gasteiger partial charge in [-0.25, -0.2) is 8.42 Å². The molecular formula is C16H25BrIN3O2S. The summed E-state index contributed by atoms with van der Waals surface area (Å²) >= 11 is 3.45. The van der Waals surface area contributed by atoms with E-state index in [0.29, 0.717) is 18.9 Å². The number of halogens is 2. The van der Waals surface area contributed by atoms with Crippen LogP contribution in [0.3, 0.4) is 0 Å². The molecule has 0 saturated carbocycles. The Hall–Kier alpha value is -0.350. The van der Waals surface area contributed by atoms with E-state index in [1.54, 1.807) is 7.05 Å². The molecule has 1 unspecified atom stereocenters. The average molecular weight is 530 g/mol. The maximum Gasteiger partial charge on any atom is 0.191 e. The summed E-state index contributed by atoms with van der Waals surface area (Å²) < 4.78 is 24.1. The Morgan fingerprint density at radius 1 is 1.33 bits per heavy atom. The number of rotatable bonds is 4. The average Bonchev–Trinajstić information content (AvgIpc) is 2.83. The second kappa shape index (κ2) is 8.84. The van der Waals surface area contributed by atoms with Gasteiger partial charge < -0.3 is 10.6 Å². The number of nitrogens with one attached hydrogen (secondary N) is 2. The standard InChI is InChI=1S/C16H24BrN3O2S.HI/c1-16(2,12-4-6-13(17)7-5-12)11-19-15(18-3)20-14-8-9-23(21,22)10-14;/h4-7,14H,8-11H2,1-3H3,(H2,18,19,20);1H. The zero-order valence-electron chi connectivity index (χ0n) is 14.2. The molecule has 1 aromatic carbocycles. The van der Waals surface area contributed by atoms with Gasteiger partial charge in [-0.05, 0) is 24.1 Å². The predicted octanol–water partition coefficient (Wildman–Crippen LogP) is 2.70. The van der Waals surface area contributed by atoms with Crippen molar-refractivity contribution in [2.75, 3.05) is 25.1 Å². The first kappa shape index (κ1) is 21.7. The number of aliphatic imine (C=N–C) groups is 1. The molecule has 0 bridgehead atoms. The molecule has 0 radical (unpaired) electrons. The molecule has 136 valence electrons. The first-order valence-corrected chi connectivity index (χ1v) is 10.3. The smallest absolute Gasteiger partial charge is 0.191 e. The Bertz CT molecular complexity index is 675. The molecule has 24 heavy (non-hydrogen) atoms. The van der Waals surface area contributed by atoms with Crippen molar-refractivity contribution in [2.24, 2.45) is 4.99 Å². The topological polar surface area (TPSA) is 70.6 Å². The Kier molecular flexibility index (Phi) is 7.99. The summed E-state index contributed by atoms with van der Waals surface area (Å²) in [5.74, 6) is 1.09. The van der Waals surface area contributed by atoms with Crippen LogP contribution in [0.1, 0.15) is 25.8 Å². The van der Waals surface area contributed by atoms with E-state index in [9.17, 15) is 8.42 Å². The van der Waals surface area contributed by atoms with Gasteiger partial charge in [0.05, 0.1) is 11.5 Å². The van der Waals surface area contributed by atoms with Crippen molar-refractivity contribution in [1.82, 2.24) is 10.6 Å². The summed E-state index contributed by atoms with van der Waals surface area (Å²) in [6.45, 7) is 5.03. The molecule has 0 aromatic heterocycles. The summed E-state index contributed by atoms with van der Waals surface area (Å²) in [4.78, 5) is 4.20. The second-order valence-corrected chi connectivity index (χ2v) is 9.71. The highest BCUT2D eigenvalue weighted by Crippen LogP contribution is 2.24. The third kappa shape index (κ3) is 6.18. The largest absolute Gasteiger partial charge is 0.356 e. The Morgan fingerprint density at radius 3 is 2.46 bits per heavy atom. The number of benzene rings is 1. The van der Waals surface area contributed by atoms with Gasteiger partial charge in [0, 0.05) is 29.5 Å². The highest BCUT2D eigenvalue weighted by Gasteiger charge is 2.29. The summed E-state index contributed by atoms with van der Waals surface area (Å²) in [7, 11) is -1.19. The zero-order valence-corrected chi connectivity index (χ0v) is 18.9. The van der Waals surface area contributed by atoms with Gasteiger partial charge in [-0.2, -0.15) is 0 Å². The third-order valence-electron chi connectivity index (χ3n) is 4.12. The van der Waals surface area contributed by atoms with Crippen molar-refractivity contribution >= 4 is 55.7 Å². The van der Waals surface area contributed by atoms with E-state index in [4.69, 9.17) is 0 Å². The van der Waals surface area contributed by atoms with Crippen LogP contribution in [-0.4, -0.2) is 45.5 Å². The fourth-order valence-electron chi connectivity index (χ4n) is 2.60. The Morgan fingerprint density at radius 2 is 1.96 bits per heavy atom. The van der Waals surface area contributed by atoms with Crippen LogP contribution < -0.4 is 10.6 Å². The van der Waals surface area contributed by atoms with Gasteiger partial charge in [-0.1, -0.05) is 41.9 Å². The monoisotopic (exact) mass is 529 g/mol. The predicted molar refractivity (Wildman–Crippen MR) is 114 cm³/mol. The van der Waals surface area contributed by atoms with Gasteiger partial charge in [0.1, 0.15) is 0 Å². The molecule has 0 spiro atoms. The quantitative estimate of drug-likeness (QED) is 0.357. The lowest BCUT2D eigenvalue weighted by molar-refractivity contribution is 0.505. The van der Waals surface area contributed by atoms with Crippen molar-refractivity contribution < 1.29 is 8.42 Å². The Balaban J connectivity index is 0.00000288. The lowest BCUT2D eigenvalue weighted by atomic mass is 9.85. The molecule has 5 nitrogen and oxygen atoms in total. The number of hydrogen-bond donors (Lipinski definition) is 2. The van der Waals surface area contributed by atoms with E-state index in [1.165, 1.54) is 5.56 Å². The molecule has 1 aromatic rings. The number of hydrogen-bond acceptors (Lipinski definition) is 3.